The Labute approximate surface area is 534 Å². The van der Waals surface area contributed by atoms with E-state index in [1.165, 1.54) is 0 Å². The van der Waals surface area contributed by atoms with Crippen LogP contribution in [-0.4, -0.2) is 354 Å². The van der Waals surface area contributed by atoms with E-state index in [-0.39, 0.29) is 142 Å². The van der Waals surface area contributed by atoms with E-state index in [0.717, 1.165) is 11.1 Å². The van der Waals surface area contributed by atoms with Crippen LogP contribution in [-0.2, 0) is 65.9 Å². The maximum atomic E-state index is 12.9. The maximum Gasteiger partial charge on any atom is 0.347 e. The van der Waals surface area contributed by atoms with Gasteiger partial charge in [0.1, 0.15) is 0 Å². The summed E-state index contributed by atoms with van der Waals surface area (Å²) in [5.74, 6) is -8.51. The summed E-state index contributed by atoms with van der Waals surface area (Å²) in [6.07, 6.45) is 0.347. The first-order chi connectivity index (χ1) is 43.6. The summed E-state index contributed by atoms with van der Waals surface area (Å²) >= 11 is 0. The molecule has 33 heteroatoms. The van der Waals surface area contributed by atoms with E-state index >= 15 is 0 Å². The number of ketones is 1. The summed E-state index contributed by atoms with van der Waals surface area (Å²) in [6, 6.07) is 14.4. The molecule has 2 aromatic carbocycles. The number of hydrogen-bond acceptors (Lipinski definition) is 24. The molecule has 2 aromatic rings. The number of hydroxylamine groups is 2. The SMILES string of the molecule is CN(C)CCC(=O)c1ccc(CNC(=O)CN2CCN(CC(=O)O)CCN(CC(=O)O)CCN(CC(=O)O)CC2)cc1.CN(C)CNC(=O)c1ccc(CN)cc1.O=C(O)CN1CCN(CC(=O)O)CCN(CC(=O)ON2C(=O)CCC2=O)CCN(CC(=O)O)CC1. The number of carboxylic acids is 6. The Morgan fingerprint density at radius 1 is 0.435 bits per heavy atom. The number of benzene rings is 2. The van der Waals surface area contributed by atoms with Gasteiger partial charge in [-0.3, -0.25) is 96.8 Å². The van der Waals surface area contributed by atoms with Gasteiger partial charge < -0.3 is 56.7 Å². The highest BCUT2D eigenvalue weighted by Crippen LogP contribution is 2.13. The molecule has 0 aliphatic carbocycles. The van der Waals surface area contributed by atoms with Crippen LogP contribution < -0.4 is 16.4 Å². The van der Waals surface area contributed by atoms with Crippen LogP contribution in [0, 0.1) is 0 Å². The maximum absolute atomic E-state index is 12.9. The van der Waals surface area contributed by atoms with E-state index in [2.05, 4.69) is 10.6 Å². The minimum Gasteiger partial charge on any atom is -0.480 e. The average Bonchev–Trinajstić information content (AvgIpc) is 2.69. The zero-order valence-corrected chi connectivity index (χ0v) is 53.0. The summed E-state index contributed by atoms with van der Waals surface area (Å²) in [5, 5.41) is 61.8. The third-order valence-corrected chi connectivity index (χ3v) is 14.5. The summed E-state index contributed by atoms with van der Waals surface area (Å²) in [5.41, 5.74) is 8.62. The number of hydrogen-bond donors (Lipinski definition) is 9. The first kappa shape index (κ1) is 78.3. The quantitative estimate of drug-likeness (QED) is 0.0237. The predicted octanol–water partition coefficient (Wildman–Crippen LogP) is -3.62. The van der Waals surface area contributed by atoms with Crippen molar-refractivity contribution < 1.29 is 93.0 Å². The summed E-state index contributed by atoms with van der Waals surface area (Å²) in [4.78, 5) is 163. The molecule has 3 saturated heterocycles. The zero-order valence-electron chi connectivity index (χ0n) is 53.0. The summed E-state index contributed by atoms with van der Waals surface area (Å²) in [7, 11) is 7.62. The molecule has 10 N–H and O–H groups in total. The number of nitrogens with one attached hydrogen (secondary N) is 2. The molecule has 3 heterocycles. The highest BCUT2D eigenvalue weighted by Gasteiger charge is 2.33. The number of Topliss-reactive ketones (excluding diaryl/α,β-unsaturated/α-hetero) is 1. The zero-order chi connectivity index (χ0) is 68.3. The van der Waals surface area contributed by atoms with E-state index in [1.54, 1.807) is 70.7 Å². The van der Waals surface area contributed by atoms with Gasteiger partial charge in [0.15, 0.2) is 5.78 Å². The molecule has 4 amide bonds. The number of aliphatic carboxylic acids is 6. The molecular formula is C59H92N14O19. The van der Waals surface area contributed by atoms with Crippen molar-refractivity contribution in [3.8, 4) is 0 Å². The van der Waals surface area contributed by atoms with Crippen molar-refractivity contribution in [2.45, 2.75) is 32.4 Å². The van der Waals surface area contributed by atoms with Crippen molar-refractivity contribution in [2.24, 2.45) is 5.73 Å². The molecule has 3 aliphatic heterocycles. The van der Waals surface area contributed by atoms with Gasteiger partial charge in [0.25, 0.3) is 17.7 Å². The van der Waals surface area contributed by atoms with E-state index in [1.807, 2.05) is 55.0 Å². The lowest BCUT2D eigenvalue weighted by atomic mass is 10.1. The Bertz CT molecular complexity index is 2660. The van der Waals surface area contributed by atoms with Crippen molar-refractivity contribution in [1.29, 1.82) is 0 Å². The van der Waals surface area contributed by atoms with Gasteiger partial charge in [-0.15, -0.1) is 5.06 Å². The Morgan fingerprint density at radius 3 is 1.07 bits per heavy atom. The Hall–Kier alpha value is -7.96. The molecule has 512 valence electrons. The predicted molar refractivity (Wildman–Crippen MR) is 331 cm³/mol. The minimum absolute atomic E-state index is 0.0358. The Morgan fingerprint density at radius 2 is 0.750 bits per heavy atom. The van der Waals surface area contributed by atoms with Crippen LogP contribution in [0.1, 0.15) is 51.1 Å². The van der Waals surface area contributed by atoms with E-state index in [4.69, 9.17) is 10.6 Å². The molecular weight excluding hydrogens is 1210 g/mol. The highest BCUT2D eigenvalue weighted by atomic mass is 16.7. The molecule has 5 rings (SSSR count). The summed E-state index contributed by atoms with van der Waals surface area (Å²) in [6.45, 7) is 4.68. The monoisotopic (exact) mass is 1300 g/mol. The number of nitrogens with zero attached hydrogens (tertiary/aromatic N) is 11. The second-order valence-electron chi connectivity index (χ2n) is 22.7. The normalized spacial score (nSPS) is 17.1. The van der Waals surface area contributed by atoms with E-state index in [9.17, 15) is 88.2 Å². The molecule has 3 fully saturated rings. The summed E-state index contributed by atoms with van der Waals surface area (Å²) < 4.78 is 0. The van der Waals surface area contributed by atoms with Crippen molar-refractivity contribution in [3.05, 3.63) is 70.8 Å². The lowest BCUT2D eigenvalue weighted by Gasteiger charge is -2.32. The van der Waals surface area contributed by atoms with Gasteiger partial charge in [-0.05, 0) is 51.5 Å². The first-order valence-electron chi connectivity index (χ1n) is 30.0. The molecule has 0 bridgehead atoms. The molecule has 0 saturated carbocycles. The van der Waals surface area contributed by atoms with Gasteiger partial charge in [-0.1, -0.05) is 36.4 Å². The van der Waals surface area contributed by atoms with Crippen LogP contribution in [0.15, 0.2) is 48.5 Å². The first-order valence-corrected chi connectivity index (χ1v) is 30.0. The number of carbonyl (C=O) groups excluding carboxylic acids is 6. The molecule has 0 atom stereocenters. The number of nitrogens with two attached hydrogens (primary N) is 1. The molecule has 33 nitrogen and oxygen atoms in total. The highest BCUT2D eigenvalue weighted by molar-refractivity contribution is 6.01. The van der Waals surface area contributed by atoms with Crippen molar-refractivity contribution in [1.82, 2.24) is 64.7 Å². The third kappa shape index (κ3) is 33.9. The lowest BCUT2D eigenvalue weighted by molar-refractivity contribution is -0.198. The lowest BCUT2D eigenvalue weighted by Crippen LogP contribution is -2.49. The fourth-order valence-corrected chi connectivity index (χ4v) is 9.40. The van der Waals surface area contributed by atoms with Crippen LogP contribution in [0.2, 0.25) is 0 Å². The second-order valence-corrected chi connectivity index (χ2v) is 22.7. The molecule has 0 radical (unpaired) electrons. The number of imide groups is 1. The van der Waals surface area contributed by atoms with Crippen LogP contribution >= 0.6 is 0 Å². The number of amides is 4. The van der Waals surface area contributed by atoms with Crippen LogP contribution in [0.25, 0.3) is 0 Å². The number of carboxylic acid groups (broad SMARTS) is 6. The van der Waals surface area contributed by atoms with Crippen molar-refractivity contribution in [3.63, 3.8) is 0 Å². The minimum atomic E-state index is -1.06. The molecule has 0 unspecified atom stereocenters. The topological polar surface area (TPSA) is 421 Å². The molecule has 0 aromatic heterocycles. The molecule has 3 aliphatic rings. The standard InChI is InChI=1S/C28H44N6O8.C20H31N5O10.C11H17N3O/c1-30(2)8-7-24(35)23-5-3-22(4-6-23)17-29-25(36)18-31-9-11-32(19-26(37)38)13-15-34(21-28(41)42)16-14-33(12-10-31)20-27(39)40;26-15-1-2-16(27)25(15)35-20(34)14-24-9-7-22(12-18(30)31)5-3-21(11-17(28)29)4-6-23(8-10-24)13-19(32)33;1-14(2)8-13-11(15)10-5-3-9(7-12)4-6-10/h3-6H,7-21H2,1-2H3,(H,29,36)(H,37,38)(H,39,40)(H,41,42);1-14H2,(H,28,29)(H,30,31)(H,32,33);3-6H,7-8,12H2,1-2H3,(H,13,15). The number of rotatable bonds is 27. The van der Waals surface area contributed by atoms with Crippen molar-refractivity contribution >= 4 is 71.2 Å². The van der Waals surface area contributed by atoms with Crippen LogP contribution in [0.3, 0.4) is 0 Å². The van der Waals surface area contributed by atoms with E-state index in [0.29, 0.717) is 94.7 Å². The molecule has 0 spiro atoms. The van der Waals surface area contributed by atoms with Crippen LogP contribution in [0.4, 0.5) is 0 Å². The van der Waals surface area contributed by atoms with Gasteiger partial charge in [0.2, 0.25) is 5.91 Å². The van der Waals surface area contributed by atoms with Gasteiger partial charge >= 0.3 is 41.8 Å². The second kappa shape index (κ2) is 42.2. The van der Waals surface area contributed by atoms with Gasteiger partial charge in [0, 0.05) is 155 Å². The smallest absolute Gasteiger partial charge is 0.347 e. The molecule has 92 heavy (non-hydrogen) atoms. The Balaban J connectivity index is 0.000000396. The fraction of sp³-hybridized carbons (Fsp3) is 0.593. The van der Waals surface area contributed by atoms with Gasteiger partial charge in [0.05, 0.1) is 59.0 Å². The van der Waals surface area contributed by atoms with Gasteiger partial charge in [-0.2, -0.15) is 0 Å². The fourth-order valence-electron chi connectivity index (χ4n) is 9.40. The van der Waals surface area contributed by atoms with Gasteiger partial charge in [-0.25, -0.2) is 4.79 Å². The largest absolute Gasteiger partial charge is 0.480 e. The third-order valence-electron chi connectivity index (χ3n) is 14.5. The number of carbonyl (C=O) groups is 12. The Kier molecular flexibility index (Phi) is 35.9. The van der Waals surface area contributed by atoms with Crippen molar-refractivity contribution in [2.75, 3.05) is 198 Å². The van der Waals surface area contributed by atoms with Crippen LogP contribution in [0.5, 0.6) is 0 Å². The van der Waals surface area contributed by atoms with E-state index < -0.39 is 53.6 Å². The average molecular weight is 1300 g/mol.